The quantitative estimate of drug-likeness (QED) is 0.616. The minimum absolute atomic E-state index is 0.289. The standard InChI is InChI=1S/C25H26O4/c1-27-22-14-12-21(13-15-22)25(19-8-4-2-5-9-19,20-10-6-3-7-11-20)29-18-24-23(26)16-17-28-24/h2-15,23-24,26H,16-18H2,1H3/t23-,24+/m0/s1. The third kappa shape index (κ3) is 3.92. The van der Waals surface area contributed by atoms with Gasteiger partial charge in [-0.3, -0.25) is 0 Å². The Labute approximate surface area is 171 Å². The summed E-state index contributed by atoms with van der Waals surface area (Å²) in [5.41, 5.74) is 2.19. The highest BCUT2D eigenvalue weighted by Gasteiger charge is 2.39. The van der Waals surface area contributed by atoms with Crippen molar-refractivity contribution >= 4 is 0 Å². The van der Waals surface area contributed by atoms with E-state index in [1.165, 1.54) is 0 Å². The molecule has 4 nitrogen and oxygen atoms in total. The van der Waals surface area contributed by atoms with E-state index in [0.717, 1.165) is 22.4 Å². The summed E-state index contributed by atoms with van der Waals surface area (Å²) in [6.07, 6.45) is -0.199. The number of methoxy groups -OCH3 is 1. The molecule has 1 aliphatic rings. The van der Waals surface area contributed by atoms with Crippen LogP contribution in [0.25, 0.3) is 0 Å². The van der Waals surface area contributed by atoms with E-state index in [-0.39, 0.29) is 12.7 Å². The van der Waals surface area contributed by atoms with Gasteiger partial charge >= 0.3 is 0 Å². The fourth-order valence-corrected chi connectivity index (χ4v) is 3.92. The maximum atomic E-state index is 10.2. The summed E-state index contributed by atoms with van der Waals surface area (Å²) >= 11 is 0. The van der Waals surface area contributed by atoms with Gasteiger partial charge in [0.1, 0.15) is 17.5 Å². The second kappa shape index (κ2) is 8.78. The van der Waals surface area contributed by atoms with Crippen molar-refractivity contribution in [3.05, 3.63) is 102 Å². The predicted octanol–water partition coefficient (Wildman–Crippen LogP) is 4.15. The summed E-state index contributed by atoms with van der Waals surface area (Å²) in [5, 5.41) is 10.2. The van der Waals surface area contributed by atoms with Crippen LogP contribution in [0.5, 0.6) is 5.75 Å². The van der Waals surface area contributed by atoms with Crippen LogP contribution in [0.4, 0.5) is 0 Å². The SMILES string of the molecule is COc1ccc(C(OC[C@H]2OCC[C@@H]2O)(c2ccccc2)c2ccccc2)cc1. The minimum atomic E-state index is -0.833. The van der Waals surface area contributed by atoms with E-state index in [9.17, 15) is 5.11 Å². The Hall–Kier alpha value is -2.66. The Morgan fingerprint density at radius 3 is 1.90 bits per heavy atom. The van der Waals surface area contributed by atoms with Gasteiger partial charge in [0, 0.05) is 6.61 Å². The largest absolute Gasteiger partial charge is 0.497 e. The lowest BCUT2D eigenvalue weighted by Gasteiger charge is -2.37. The van der Waals surface area contributed by atoms with E-state index < -0.39 is 11.7 Å². The zero-order chi connectivity index (χ0) is 20.1. The van der Waals surface area contributed by atoms with E-state index in [1.807, 2.05) is 60.7 Å². The molecule has 0 amide bonds. The number of aliphatic hydroxyl groups excluding tert-OH is 1. The van der Waals surface area contributed by atoms with Crippen LogP contribution in [-0.4, -0.2) is 37.6 Å². The van der Waals surface area contributed by atoms with Gasteiger partial charge in [-0.2, -0.15) is 0 Å². The summed E-state index contributed by atoms with van der Waals surface area (Å²) in [5.74, 6) is 0.790. The molecular formula is C25H26O4. The third-order valence-corrected chi connectivity index (χ3v) is 5.50. The third-order valence-electron chi connectivity index (χ3n) is 5.50. The molecule has 0 unspecified atom stereocenters. The van der Waals surface area contributed by atoms with E-state index in [1.54, 1.807) is 7.11 Å². The van der Waals surface area contributed by atoms with Crippen LogP contribution in [0.2, 0.25) is 0 Å². The first kappa shape index (κ1) is 19.6. The topological polar surface area (TPSA) is 47.9 Å². The molecule has 1 N–H and O–H groups in total. The number of aliphatic hydroxyl groups is 1. The number of rotatable bonds is 7. The highest BCUT2D eigenvalue weighted by atomic mass is 16.6. The summed E-state index contributed by atoms with van der Waals surface area (Å²) in [7, 11) is 1.66. The van der Waals surface area contributed by atoms with Crippen LogP contribution < -0.4 is 4.74 Å². The normalized spacial score (nSPS) is 19.2. The van der Waals surface area contributed by atoms with Gasteiger partial charge in [0.25, 0.3) is 0 Å². The van der Waals surface area contributed by atoms with Crippen molar-refractivity contribution < 1.29 is 19.3 Å². The predicted molar refractivity (Wildman–Crippen MR) is 112 cm³/mol. The number of hydrogen-bond acceptors (Lipinski definition) is 4. The minimum Gasteiger partial charge on any atom is -0.497 e. The Morgan fingerprint density at radius 2 is 1.41 bits per heavy atom. The Kier molecular flexibility index (Phi) is 5.95. The summed E-state index contributed by atoms with van der Waals surface area (Å²) in [4.78, 5) is 0. The van der Waals surface area contributed by atoms with Crippen molar-refractivity contribution in [1.29, 1.82) is 0 Å². The molecule has 0 bridgehead atoms. The van der Waals surface area contributed by atoms with Crippen LogP contribution >= 0.6 is 0 Å². The van der Waals surface area contributed by atoms with E-state index in [2.05, 4.69) is 24.3 Å². The first-order chi connectivity index (χ1) is 14.2. The Bertz CT molecular complexity index is 854. The van der Waals surface area contributed by atoms with Gasteiger partial charge in [0.05, 0.1) is 19.8 Å². The molecule has 1 aliphatic heterocycles. The van der Waals surface area contributed by atoms with Crippen molar-refractivity contribution in [2.24, 2.45) is 0 Å². The summed E-state index contributed by atoms with van der Waals surface area (Å²) in [6, 6.07) is 28.3. The second-order valence-electron chi connectivity index (χ2n) is 7.22. The molecule has 4 rings (SSSR count). The zero-order valence-corrected chi connectivity index (χ0v) is 16.5. The lowest BCUT2D eigenvalue weighted by atomic mass is 9.80. The van der Waals surface area contributed by atoms with Crippen LogP contribution in [0.3, 0.4) is 0 Å². The summed E-state index contributed by atoms with van der Waals surface area (Å²) < 4.78 is 17.8. The molecule has 0 aliphatic carbocycles. The van der Waals surface area contributed by atoms with Gasteiger partial charge in [-0.05, 0) is 35.2 Å². The van der Waals surface area contributed by atoms with Crippen molar-refractivity contribution in [1.82, 2.24) is 0 Å². The molecule has 2 atom stereocenters. The molecule has 0 aromatic heterocycles. The number of ether oxygens (including phenoxy) is 3. The second-order valence-corrected chi connectivity index (χ2v) is 7.22. The van der Waals surface area contributed by atoms with Crippen LogP contribution in [0, 0.1) is 0 Å². The zero-order valence-electron chi connectivity index (χ0n) is 16.5. The fraction of sp³-hybridized carbons (Fsp3) is 0.280. The van der Waals surface area contributed by atoms with E-state index >= 15 is 0 Å². The molecule has 150 valence electrons. The molecule has 0 radical (unpaired) electrons. The van der Waals surface area contributed by atoms with E-state index in [4.69, 9.17) is 14.2 Å². The first-order valence-corrected chi connectivity index (χ1v) is 9.93. The molecule has 29 heavy (non-hydrogen) atoms. The smallest absolute Gasteiger partial charge is 0.143 e. The Balaban J connectivity index is 1.84. The molecule has 1 heterocycles. The maximum absolute atomic E-state index is 10.2. The van der Waals surface area contributed by atoms with Gasteiger partial charge in [-0.15, -0.1) is 0 Å². The molecule has 1 fully saturated rings. The van der Waals surface area contributed by atoms with Gasteiger partial charge < -0.3 is 19.3 Å². The van der Waals surface area contributed by atoms with Gasteiger partial charge in [-0.25, -0.2) is 0 Å². The maximum Gasteiger partial charge on any atom is 0.143 e. The van der Waals surface area contributed by atoms with Crippen molar-refractivity contribution in [2.75, 3.05) is 20.3 Å². The molecule has 1 saturated heterocycles. The molecule has 4 heteroatoms. The van der Waals surface area contributed by atoms with Crippen LogP contribution in [0.1, 0.15) is 23.1 Å². The van der Waals surface area contributed by atoms with Gasteiger partial charge in [0.2, 0.25) is 0 Å². The van der Waals surface area contributed by atoms with Crippen LogP contribution in [0.15, 0.2) is 84.9 Å². The highest BCUT2D eigenvalue weighted by Crippen LogP contribution is 2.41. The molecule has 3 aromatic rings. The van der Waals surface area contributed by atoms with E-state index in [0.29, 0.717) is 13.0 Å². The molecule has 3 aromatic carbocycles. The first-order valence-electron chi connectivity index (χ1n) is 9.93. The molecule has 0 saturated carbocycles. The lowest BCUT2D eigenvalue weighted by molar-refractivity contribution is -0.0697. The average molecular weight is 390 g/mol. The van der Waals surface area contributed by atoms with Crippen molar-refractivity contribution in [3.63, 3.8) is 0 Å². The fourth-order valence-electron chi connectivity index (χ4n) is 3.92. The number of hydrogen-bond donors (Lipinski definition) is 1. The molecular weight excluding hydrogens is 364 g/mol. The monoisotopic (exact) mass is 390 g/mol. The van der Waals surface area contributed by atoms with Crippen molar-refractivity contribution in [3.8, 4) is 5.75 Å². The van der Waals surface area contributed by atoms with Gasteiger partial charge in [0.15, 0.2) is 0 Å². The van der Waals surface area contributed by atoms with Gasteiger partial charge in [-0.1, -0.05) is 72.8 Å². The Morgan fingerprint density at radius 1 is 0.862 bits per heavy atom. The molecule has 0 spiro atoms. The van der Waals surface area contributed by atoms with Crippen LogP contribution in [-0.2, 0) is 15.1 Å². The highest BCUT2D eigenvalue weighted by molar-refractivity contribution is 5.48. The lowest BCUT2D eigenvalue weighted by Crippen LogP contribution is -2.37. The number of benzene rings is 3. The van der Waals surface area contributed by atoms with Crippen molar-refractivity contribution in [2.45, 2.75) is 24.2 Å². The summed E-state index contributed by atoms with van der Waals surface area (Å²) in [6.45, 7) is 0.846. The average Bonchev–Trinajstić information content (AvgIpc) is 3.21.